The first-order valence-electron chi connectivity index (χ1n) is 8.83. The van der Waals surface area contributed by atoms with Crippen molar-refractivity contribution in [3.8, 4) is 0 Å². The molecule has 0 N–H and O–H groups in total. The van der Waals surface area contributed by atoms with Crippen molar-refractivity contribution in [2.24, 2.45) is 5.92 Å². The van der Waals surface area contributed by atoms with Gasteiger partial charge in [0, 0.05) is 38.1 Å². The van der Waals surface area contributed by atoms with Crippen LogP contribution in [0.1, 0.15) is 45.1 Å². The quantitative estimate of drug-likeness (QED) is 0.810. The van der Waals surface area contributed by atoms with E-state index in [4.69, 9.17) is 4.52 Å². The van der Waals surface area contributed by atoms with Crippen molar-refractivity contribution in [2.75, 3.05) is 19.6 Å². The lowest BCUT2D eigenvalue weighted by atomic mass is 9.94. The maximum atomic E-state index is 13.1. The molecule has 0 unspecified atom stereocenters. The Balaban J connectivity index is 1.57. The van der Waals surface area contributed by atoms with Gasteiger partial charge in [-0.05, 0) is 32.6 Å². The Morgan fingerprint density at radius 3 is 2.65 bits per heavy atom. The molecule has 5 rings (SSSR count). The number of rotatable bonds is 2. The highest BCUT2D eigenvalue weighted by molar-refractivity contribution is 5.96. The number of nitrogens with zero attached hydrogens (tertiary/aromatic N) is 5. The van der Waals surface area contributed by atoms with E-state index in [1.165, 1.54) is 12.4 Å². The first-order chi connectivity index (χ1) is 12.5. The molecule has 136 valence electrons. The molecule has 8 nitrogen and oxygen atoms in total. The minimum Gasteiger partial charge on any atom is -0.361 e. The third kappa shape index (κ3) is 2.85. The third-order valence-corrected chi connectivity index (χ3v) is 5.29. The van der Waals surface area contributed by atoms with Gasteiger partial charge in [0.15, 0.2) is 0 Å². The molecule has 0 spiro atoms. The lowest BCUT2D eigenvalue weighted by molar-refractivity contribution is 0.0571. The first kappa shape index (κ1) is 16.7. The number of piperidine rings is 1. The monoisotopic (exact) mass is 355 g/mol. The summed E-state index contributed by atoms with van der Waals surface area (Å²) < 4.78 is 5.16. The zero-order valence-electron chi connectivity index (χ0n) is 14.9. The summed E-state index contributed by atoms with van der Waals surface area (Å²) in [6, 6.07) is -0.00410. The van der Waals surface area contributed by atoms with Crippen LogP contribution in [0.5, 0.6) is 0 Å². The zero-order chi connectivity index (χ0) is 18.3. The number of hydrogen-bond acceptors (Lipinski definition) is 6. The van der Waals surface area contributed by atoms with Crippen molar-refractivity contribution in [1.82, 2.24) is 24.9 Å². The molecule has 0 aromatic carbocycles. The van der Waals surface area contributed by atoms with Crippen molar-refractivity contribution < 1.29 is 14.1 Å². The van der Waals surface area contributed by atoms with Gasteiger partial charge in [0.2, 0.25) is 0 Å². The SMILES string of the molecule is Cc1noc(C)c1C(=O)N1C[C@H]2CC[C@@H]1CN(C(=O)c1cnccn1)C2. The topological polar surface area (TPSA) is 92.4 Å². The molecule has 5 heterocycles. The standard InChI is InChI=1S/C18H21N5O3/c1-11-16(12(2)26-21-11)18(25)23-9-13-3-4-14(23)10-22(8-13)17(24)15-7-19-5-6-20-15/h5-7,13-14H,3-4,8-10H2,1-2H3/t13-,14+/m0/s1. The van der Waals surface area contributed by atoms with Gasteiger partial charge in [0.25, 0.3) is 11.8 Å². The van der Waals surface area contributed by atoms with Crippen LogP contribution in [-0.2, 0) is 0 Å². The van der Waals surface area contributed by atoms with Crippen LogP contribution < -0.4 is 0 Å². The second kappa shape index (κ2) is 6.51. The van der Waals surface area contributed by atoms with Gasteiger partial charge >= 0.3 is 0 Å². The van der Waals surface area contributed by atoms with E-state index in [0.717, 1.165) is 12.8 Å². The fourth-order valence-electron chi connectivity index (χ4n) is 4.00. The van der Waals surface area contributed by atoms with E-state index in [0.29, 0.717) is 42.3 Å². The molecule has 2 bridgehead atoms. The molecule has 2 amide bonds. The molecule has 2 atom stereocenters. The Morgan fingerprint density at radius 2 is 1.96 bits per heavy atom. The Bertz CT molecular complexity index is 815. The van der Waals surface area contributed by atoms with Gasteiger partial charge in [0.1, 0.15) is 17.0 Å². The summed E-state index contributed by atoms with van der Waals surface area (Å²) >= 11 is 0. The minimum atomic E-state index is -0.123. The van der Waals surface area contributed by atoms with E-state index >= 15 is 0 Å². The largest absolute Gasteiger partial charge is 0.361 e. The van der Waals surface area contributed by atoms with Crippen molar-refractivity contribution >= 4 is 11.8 Å². The van der Waals surface area contributed by atoms with Crippen molar-refractivity contribution in [3.05, 3.63) is 41.3 Å². The molecule has 3 saturated heterocycles. The normalized spacial score (nSPS) is 22.4. The highest BCUT2D eigenvalue weighted by Gasteiger charge is 2.40. The Labute approximate surface area is 151 Å². The lowest BCUT2D eigenvalue weighted by Gasteiger charge is -2.36. The molecule has 0 saturated carbocycles. The van der Waals surface area contributed by atoms with Crippen LogP contribution >= 0.6 is 0 Å². The number of aromatic nitrogens is 3. The third-order valence-electron chi connectivity index (χ3n) is 5.29. The fourth-order valence-corrected chi connectivity index (χ4v) is 4.00. The van der Waals surface area contributed by atoms with E-state index in [-0.39, 0.29) is 23.8 Å². The summed E-state index contributed by atoms with van der Waals surface area (Å²) in [5.41, 5.74) is 1.50. The number of carbonyl (C=O) groups is 2. The number of carbonyl (C=O) groups excluding carboxylic acids is 2. The van der Waals surface area contributed by atoms with Gasteiger partial charge in [-0.2, -0.15) is 0 Å². The predicted octanol–water partition coefficient (Wildman–Crippen LogP) is 1.46. The Morgan fingerprint density at radius 1 is 1.12 bits per heavy atom. The number of fused-ring (bicyclic) bond motifs is 4. The van der Waals surface area contributed by atoms with E-state index in [9.17, 15) is 9.59 Å². The maximum absolute atomic E-state index is 13.1. The summed E-state index contributed by atoms with van der Waals surface area (Å²) in [6.45, 7) is 5.34. The average Bonchev–Trinajstić information content (AvgIpc) is 2.83. The molecule has 3 aliphatic rings. The van der Waals surface area contributed by atoms with Crippen LogP contribution in [0.4, 0.5) is 0 Å². The second-order valence-electron chi connectivity index (χ2n) is 7.05. The minimum absolute atomic E-state index is 0.00410. The van der Waals surface area contributed by atoms with E-state index in [1.54, 1.807) is 20.0 Å². The number of hydrogen-bond donors (Lipinski definition) is 0. The summed E-state index contributed by atoms with van der Waals surface area (Å²) in [7, 11) is 0. The van der Waals surface area contributed by atoms with Crippen LogP contribution in [0.2, 0.25) is 0 Å². The molecule has 3 fully saturated rings. The van der Waals surface area contributed by atoms with E-state index < -0.39 is 0 Å². The van der Waals surface area contributed by atoms with Crippen molar-refractivity contribution in [3.63, 3.8) is 0 Å². The smallest absolute Gasteiger partial charge is 0.274 e. The first-order valence-corrected chi connectivity index (χ1v) is 8.83. The summed E-state index contributed by atoms with van der Waals surface area (Å²) in [5.74, 6) is 0.630. The highest BCUT2D eigenvalue weighted by Crippen LogP contribution is 2.30. The number of aryl methyl sites for hydroxylation is 2. The van der Waals surface area contributed by atoms with Crippen LogP contribution in [0, 0.1) is 19.8 Å². The summed E-state index contributed by atoms with van der Waals surface area (Å²) in [6.07, 6.45) is 6.46. The van der Waals surface area contributed by atoms with Crippen LogP contribution in [-0.4, -0.2) is 62.4 Å². The van der Waals surface area contributed by atoms with Gasteiger partial charge in [-0.1, -0.05) is 5.16 Å². The van der Waals surface area contributed by atoms with Crippen molar-refractivity contribution in [1.29, 1.82) is 0 Å². The van der Waals surface area contributed by atoms with E-state index in [1.807, 2.05) is 9.80 Å². The lowest BCUT2D eigenvalue weighted by Crippen LogP contribution is -2.48. The van der Waals surface area contributed by atoms with E-state index in [2.05, 4.69) is 15.1 Å². The molecule has 3 aliphatic heterocycles. The molecule has 2 aromatic rings. The Kier molecular flexibility index (Phi) is 4.18. The molecule has 0 radical (unpaired) electrons. The molecular weight excluding hydrogens is 334 g/mol. The zero-order valence-corrected chi connectivity index (χ0v) is 14.9. The van der Waals surface area contributed by atoms with Gasteiger partial charge in [-0.25, -0.2) is 4.98 Å². The Hall–Kier alpha value is -2.77. The molecule has 0 aliphatic carbocycles. The predicted molar refractivity (Wildman–Crippen MR) is 91.5 cm³/mol. The summed E-state index contributed by atoms with van der Waals surface area (Å²) in [5, 5.41) is 3.90. The second-order valence-corrected chi connectivity index (χ2v) is 7.05. The van der Waals surface area contributed by atoms with Crippen LogP contribution in [0.25, 0.3) is 0 Å². The van der Waals surface area contributed by atoms with Crippen LogP contribution in [0.15, 0.2) is 23.1 Å². The molecule has 26 heavy (non-hydrogen) atoms. The van der Waals surface area contributed by atoms with Crippen molar-refractivity contribution in [2.45, 2.75) is 32.7 Å². The average molecular weight is 355 g/mol. The molecule has 8 heteroatoms. The van der Waals surface area contributed by atoms with Gasteiger partial charge in [-0.3, -0.25) is 14.6 Å². The molecular formula is C18H21N5O3. The number of amides is 2. The van der Waals surface area contributed by atoms with Gasteiger partial charge in [0.05, 0.1) is 11.9 Å². The highest BCUT2D eigenvalue weighted by atomic mass is 16.5. The van der Waals surface area contributed by atoms with Gasteiger partial charge in [-0.15, -0.1) is 0 Å². The summed E-state index contributed by atoms with van der Waals surface area (Å²) in [4.78, 5) is 37.7. The van der Waals surface area contributed by atoms with Crippen LogP contribution in [0.3, 0.4) is 0 Å². The van der Waals surface area contributed by atoms with Gasteiger partial charge < -0.3 is 14.3 Å². The molecule has 2 aromatic heterocycles. The fraction of sp³-hybridized carbons (Fsp3) is 0.500. The maximum Gasteiger partial charge on any atom is 0.274 e.